The van der Waals surface area contributed by atoms with Crippen LogP contribution in [0.1, 0.15) is 12.5 Å². The molecule has 0 saturated carbocycles. The van der Waals surface area contributed by atoms with Gasteiger partial charge in [0, 0.05) is 18.7 Å². The topological polar surface area (TPSA) is 76.5 Å². The molecule has 7 heteroatoms. The summed E-state index contributed by atoms with van der Waals surface area (Å²) >= 11 is 5.67. The number of halogens is 1. The zero-order valence-corrected chi connectivity index (χ0v) is 15.5. The van der Waals surface area contributed by atoms with Crippen molar-refractivity contribution in [3.63, 3.8) is 0 Å². The third-order valence-corrected chi connectivity index (χ3v) is 3.76. The first-order valence-corrected chi connectivity index (χ1v) is 8.81. The smallest absolute Gasteiger partial charge is 0.233 e. The summed E-state index contributed by atoms with van der Waals surface area (Å²) in [5.74, 6) is 1.18. The summed E-state index contributed by atoms with van der Waals surface area (Å²) in [5.41, 5.74) is 1.05. The monoisotopic (exact) mass is 377 g/mol. The van der Waals surface area contributed by atoms with Crippen molar-refractivity contribution >= 4 is 11.6 Å². The first-order valence-electron chi connectivity index (χ1n) is 8.43. The lowest BCUT2D eigenvalue weighted by Crippen LogP contribution is -2.39. The van der Waals surface area contributed by atoms with Gasteiger partial charge in [0.1, 0.15) is 25.1 Å². The molecule has 2 N–H and O–H groups in total. The zero-order valence-electron chi connectivity index (χ0n) is 14.8. The van der Waals surface area contributed by atoms with Crippen LogP contribution in [0.25, 0.3) is 0 Å². The Kier molecular flexibility index (Phi) is 8.34. The van der Waals surface area contributed by atoms with E-state index in [1.165, 1.54) is 0 Å². The summed E-state index contributed by atoms with van der Waals surface area (Å²) in [6.07, 6.45) is 1.92. The number of aliphatic hydroxyl groups is 1. The second kappa shape index (κ2) is 10.8. The van der Waals surface area contributed by atoms with Crippen LogP contribution >= 0.6 is 11.6 Å². The molecule has 140 valence electrons. The Balaban J connectivity index is 1.68. The molecule has 26 heavy (non-hydrogen) atoms. The van der Waals surface area contributed by atoms with Crippen molar-refractivity contribution in [2.24, 2.45) is 0 Å². The number of hydrogen-bond donors (Lipinski definition) is 2. The van der Waals surface area contributed by atoms with Gasteiger partial charge in [0.25, 0.3) is 0 Å². The molecule has 0 aliphatic carbocycles. The van der Waals surface area contributed by atoms with Gasteiger partial charge < -0.3 is 19.9 Å². The van der Waals surface area contributed by atoms with E-state index in [2.05, 4.69) is 22.1 Å². The SMILES string of the molecule is C=CCc1ccccc1OCC(O)CNC(C)COc1ccc(Cl)nn1. The van der Waals surface area contributed by atoms with Crippen molar-refractivity contribution in [1.29, 1.82) is 0 Å². The molecule has 0 radical (unpaired) electrons. The van der Waals surface area contributed by atoms with Crippen LogP contribution in [0.15, 0.2) is 49.1 Å². The molecular formula is C19H24ClN3O3. The van der Waals surface area contributed by atoms with Crippen LogP contribution in [0.5, 0.6) is 11.6 Å². The Bertz CT molecular complexity index is 682. The fraction of sp³-hybridized carbons (Fsp3) is 0.368. The minimum Gasteiger partial charge on any atom is -0.491 e. The van der Waals surface area contributed by atoms with E-state index in [4.69, 9.17) is 21.1 Å². The lowest BCUT2D eigenvalue weighted by molar-refractivity contribution is 0.101. The van der Waals surface area contributed by atoms with Gasteiger partial charge in [0.05, 0.1) is 0 Å². The Morgan fingerprint density at radius 1 is 1.19 bits per heavy atom. The molecular weight excluding hydrogens is 354 g/mol. The highest BCUT2D eigenvalue weighted by molar-refractivity contribution is 6.29. The minimum atomic E-state index is -0.635. The number of hydrogen-bond acceptors (Lipinski definition) is 6. The van der Waals surface area contributed by atoms with E-state index in [1.807, 2.05) is 37.3 Å². The molecule has 0 aliphatic heterocycles. The quantitative estimate of drug-likeness (QED) is 0.586. The highest BCUT2D eigenvalue weighted by Gasteiger charge is 2.10. The second-order valence-corrected chi connectivity index (χ2v) is 6.27. The first-order chi connectivity index (χ1) is 12.6. The van der Waals surface area contributed by atoms with Crippen molar-refractivity contribution < 1.29 is 14.6 Å². The molecule has 0 aliphatic rings. The summed E-state index contributed by atoms with van der Waals surface area (Å²) in [7, 11) is 0. The van der Waals surface area contributed by atoms with Crippen molar-refractivity contribution in [1.82, 2.24) is 15.5 Å². The summed E-state index contributed by atoms with van der Waals surface area (Å²) in [4.78, 5) is 0. The van der Waals surface area contributed by atoms with Crippen molar-refractivity contribution in [3.8, 4) is 11.6 Å². The fourth-order valence-corrected chi connectivity index (χ4v) is 2.30. The van der Waals surface area contributed by atoms with Crippen LogP contribution < -0.4 is 14.8 Å². The van der Waals surface area contributed by atoms with Gasteiger partial charge in [0.2, 0.25) is 5.88 Å². The number of nitrogens with one attached hydrogen (secondary N) is 1. The van der Waals surface area contributed by atoms with Crippen LogP contribution in [0.4, 0.5) is 0 Å². The fourth-order valence-electron chi connectivity index (χ4n) is 2.20. The molecule has 1 heterocycles. The molecule has 2 aromatic rings. The molecule has 1 aromatic carbocycles. The average molecular weight is 378 g/mol. The van der Waals surface area contributed by atoms with E-state index < -0.39 is 6.10 Å². The van der Waals surface area contributed by atoms with Crippen LogP contribution in [0.3, 0.4) is 0 Å². The molecule has 0 saturated heterocycles. The van der Waals surface area contributed by atoms with E-state index in [-0.39, 0.29) is 12.6 Å². The van der Waals surface area contributed by atoms with Crippen molar-refractivity contribution in [3.05, 3.63) is 59.8 Å². The minimum absolute atomic E-state index is 0.0233. The van der Waals surface area contributed by atoms with Gasteiger partial charge in [0.15, 0.2) is 5.15 Å². The first kappa shape index (κ1) is 20.2. The Labute approximate surface area is 158 Å². The summed E-state index contributed by atoms with van der Waals surface area (Å²) < 4.78 is 11.2. The molecule has 1 aromatic heterocycles. The van der Waals surface area contributed by atoms with Crippen LogP contribution in [-0.2, 0) is 6.42 Å². The molecule has 2 atom stereocenters. The van der Waals surface area contributed by atoms with Gasteiger partial charge in [-0.05, 0) is 31.0 Å². The van der Waals surface area contributed by atoms with Crippen molar-refractivity contribution in [2.45, 2.75) is 25.5 Å². The zero-order chi connectivity index (χ0) is 18.8. The predicted octanol–water partition coefficient (Wildman–Crippen LogP) is 2.66. The van der Waals surface area contributed by atoms with Gasteiger partial charge in [-0.3, -0.25) is 0 Å². The summed E-state index contributed by atoms with van der Waals surface area (Å²) in [6, 6.07) is 11.0. The van der Waals surface area contributed by atoms with Gasteiger partial charge in [-0.2, -0.15) is 0 Å². The van der Waals surface area contributed by atoms with Gasteiger partial charge in [-0.25, -0.2) is 0 Å². The Morgan fingerprint density at radius 3 is 2.73 bits per heavy atom. The maximum Gasteiger partial charge on any atom is 0.233 e. The number of rotatable bonds is 11. The molecule has 0 bridgehead atoms. The number of benzene rings is 1. The van der Waals surface area contributed by atoms with E-state index in [1.54, 1.807) is 12.1 Å². The molecule has 6 nitrogen and oxygen atoms in total. The summed E-state index contributed by atoms with van der Waals surface area (Å²) in [5, 5.41) is 21.2. The van der Waals surface area contributed by atoms with E-state index in [9.17, 15) is 5.11 Å². The van der Waals surface area contributed by atoms with Gasteiger partial charge in [-0.15, -0.1) is 16.8 Å². The third-order valence-electron chi connectivity index (χ3n) is 3.56. The van der Waals surface area contributed by atoms with Crippen LogP contribution in [0, 0.1) is 0 Å². The van der Waals surface area contributed by atoms with Crippen molar-refractivity contribution in [2.75, 3.05) is 19.8 Å². The molecule has 2 unspecified atom stereocenters. The number of nitrogens with zero attached hydrogens (tertiary/aromatic N) is 2. The Hall–Kier alpha value is -2.15. The number of ether oxygens (including phenoxy) is 2. The molecule has 0 amide bonds. The molecule has 0 fully saturated rings. The van der Waals surface area contributed by atoms with Gasteiger partial charge >= 0.3 is 0 Å². The molecule has 2 rings (SSSR count). The average Bonchev–Trinajstić information content (AvgIpc) is 2.65. The number of aromatic nitrogens is 2. The maximum atomic E-state index is 10.1. The van der Waals surface area contributed by atoms with Crippen LogP contribution in [-0.4, -0.2) is 47.2 Å². The normalized spacial score (nSPS) is 13.0. The molecule has 0 spiro atoms. The van der Waals surface area contributed by atoms with E-state index in [0.29, 0.717) is 24.2 Å². The second-order valence-electron chi connectivity index (χ2n) is 5.88. The standard InChI is InChI=1S/C19H24ClN3O3/c1-3-6-15-7-4-5-8-17(15)25-13-16(24)11-21-14(2)12-26-19-10-9-18(20)22-23-19/h3-5,7-10,14,16,21,24H,1,6,11-13H2,2H3. The number of allylic oxidation sites excluding steroid dienone is 1. The van der Waals surface area contributed by atoms with Gasteiger partial charge in [-0.1, -0.05) is 35.9 Å². The highest BCUT2D eigenvalue weighted by Crippen LogP contribution is 2.18. The maximum absolute atomic E-state index is 10.1. The van der Waals surface area contributed by atoms with E-state index >= 15 is 0 Å². The van der Waals surface area contributed by atoms with E-state index in [0.717, 1.165) is 17.7 Å². The Morgan fingerprint density at radius 2 is 2.00 bits per heavy atom. The number of aliphatic hydroxyl groups excluding tert-OH is 1. The lowest BCUT2D eigenvalue weighted by atomic mass is 10.1. The number of para-hydroxylation sites is 1. The highest BCUT2D eigenvalue weighted by atomic mass is 35.5. The predicted molar refractivity (Wildman–Crippen MR) is 102 cm³/mol. The lowest BCUT2D eigenvalue weighted by Gasteiger charge is -2.18. The third kappa shape index (κ3) is 7.00. The summed E-state index contributed by atoms with van der Waals surface area (Å²) in [6.45, 7) is 6.69. The van der Waals surface area contributed by atoms with Crippen LogP contribution in [0.2, 0.25) is 5.15 Å². The largest absolute Gasteiger partial charge is 0.491 e.